The lowest BCUT2D eigenvalue weighted by Crippen LogP contribution is -2.29. The van der Waals surface area contributed by atoms with Crippen molar-refractivity contribution in [3.63, 3.8) is 0 Å². The van der Waals surface area contributed by atoms with Crippen molar-refractivity contribution in [2.45, 2.75) is 43.7 Å². The zero-order valence-corrected chi connectivity index (χ0v) is 24.7. The van der Waals surface area contributed by atoms with E-state index < -0.39 is 22.0 Å². The van der Waals surface area contributed by atoms with Crippen LogP contribution < -0.4 is 15.8 Å². The third kappa shape index (κ3) is 7.75. The van der Waals surface area contributed by atoms with E-state index in [2.05, 4.69) is 15.4 Å². The molecule has 2 aromatic heterocycles. The number of pyridine rings is 1. The molecule has 4 aromatic rings. The number of aryl methyl sites for hydroxylation is 1. The van der Waals surface area contributed by atoms with E-state index in [0.29, 0.717) is 22.4 Å². The van der Waals surface area contributed by atoms with Crippen molar-refractivity contribution >= 4 is 39.1 Å². The fraction of sp³-hybridized carbons (Fsp3) is 0.286. The molecule has 9 nitrogen and oxygen atoms in total. The predicted octanol–water partition coefficient (Wildman–Crippen LogP) is 6.28. The Balaban J connectivity index is 0.000000296. The van der Waals surface area contributed by atoms with Gasteiger partial charge in [0.25, 0.3) is 10.1 Å². The normalized spacial score (nSPS) is 14.7. The Labute approximate surface area is 248 Å². The van der Waals surface area contributed by atoms with Gasteiger partial charge < -0.3 is 15.8 Å². The molecule has 0 radical (unpaired) electrons. The molecule has 2 aromatic carbocycles. The number of nitrogen functional groups attached to an aromatic ring is 1. The van der Waals surface area contributed by atoms with Crippen molar-refractivity contribution in [3.8, 4) is 16.9 Å². The lowest BCUT2D eigenvalue weighted by Gasteiger charge is -2.22. The fourth-order valence-electron chi connectivity index (χ4n) is 4.34. The second kappa shape index (κ2) is 13.2. The van der Waals surface area contributed by atoms with Gasteiger partial charge in [-0.25, -0.2) is 9.37 Å². The summed E-state index contributed by atoms with van der Waals surface area (Å²) in [5.74, 6) is 0.0303. The fourth-order valence-corrected chi connectivity index (χ4v) is 5.50. The summed E-state index contributed by atoms with van der Waals surface area (Å²) in [6.45, 7) is 5.55. The number of halogens is 3. The van der Waals surface area contributed by atoms with E-state index in [1.165, 1.54) is 24.3 Å². The van der Waals surface area contributed by atoms with E-state index in [-0.39, 0.29) is 15.7 Å². The molecule has 13 heteroatoms. The summed E-state index contributed by atoms with van der Waals surface area (Å²) in [5.41, 5.74) is 9.08. The summed E-state index contributed by atoms with van der Waals surface area (Å²) in [6, 6.07) is 10.8. The van der Waals surface area contributed by atoms with Crippen molar-refractivity contribution in [1.29, 1.82) is 0 Å². The summed E-state index contributed by atoms with van der Waals surface area (Å²) in [5, 5.41) is 8.13. The lowest BCUT2D eigenvalue weighted by molar-refractivity contribution is 0.227. The minimum atomic E-state index is -4.02. The molecule has 0 saturated carbocycles. The Bertz CT molecular complexity index is 1610. The Kier molecular flexibility index (Phi) is 9.88. The minimum absolute atomic E-state index is 0.0666. The molecular formula is C28H30Cl2FN5O4S. The first kappa shape index (κ1) is 30.7. The number of nitrogens with two attached hydrogens (primary N) is 1. The third-order valence-electron chi connectivity index (χ3n) is 6.61. The molecule has 41 heavy (non-hydrogen) atoms. The van der Waals surface area contributed by atoms with E-state index in [9.17, 15) is 12.8 Å². The van der Waals surface area contributed by atoms with Gasteiger partial charge in [0, 0.05) is 34.1 Å². The van der Waals surface area contributed by atoms with Crippen LogP contribution in [0.1, 0.15) is 43.0 Å². The van der Waals surface area contributed by atoms with Gasteiger partial charge in [0.1, 0.15) is 11.9 Å². The Morgan fingerprint density at radius 1 is 1.12 bits per heavy atom. The van der Waals surface area contributed by atoms with Gasteiger partial charge in [-0.1, -0.05) is 40.9 Å². The standard InChI is InChI=1S/C21H22Cl2FN5O.C7H8O3S/c1-12(19-16(22)2-3-17(24)20(19)23)30-18-8-13(9-27-21(18)25)14-10-28-29(11-14)15-4-6-26-7-5-15;1-6-2-4-7(5-3-6)11(8,9)10/h2-3,8-12,15,26H,4-7H2,1H3,(H2,25,27);2-5H,1H3,(H,8,9,10)/t12-;/m1./s1. The number of piperidine rings is 1. The maximum absolute atomic E-state index is 13.9. The SMILES string of the molecule is C[C@@H](Oc1cc(-c2cnn(C3CCNCC3)c2)cnc1N)c1c(Cl)ccc(F)c1Cl.Cc1ccc(S(=O)(=O)O)cc1. The highest BCUT2D eigenvalue weighted by Crippen LogP contribution is 2.37. The van der Waals surface area contributed by atoms with Crippen LogP contribution in [0.5, 0.6) is 5.75 Å². The van der Waals surface area contributed by atoms with Crippen LogP contribution in [0.4, 0.5) is 10.2 Å². The average molecular weight is 623 g/mol. The van der Waals surface area contributed by atoms with E-state index in [0.717, 1.165) is 42.6 Å². The number of hydrogen-bond acceptors (Lipinski definition) is 7. The number of benzene rings is 2. The highest BCUT2D eigenvalue weighted by Gasteiger charge is 2.21. The number of nitrogens with one attached hydrogen (secondary N) is 1. The average Bonchev–Trinajstić information content (AvgIpc) is 3.43. The molecule has 4 N–H and O–H groups in total. The lowest BCUT2D eigenvalue weighted by atomic mass is 10.1. The molecular weight excluding hydrogens is 592 g/mol. The van der Waals surface area contributed by atoms with Gasteiger partial charge in [-0.15, -0.1) is 0 Å². The van der Waals surface area contributed by atoms with Gasteiger partial charge in [-0.2, -0.15) is 13.5 Å². The van der Waals surface area contributed by atoms with Gasteiger partial charge in [-0.05, 0) is 70.1 Å². The Hall–Kier alpha value is -3.22. The smallest absolute Gasteiger partial charge is 0.294 e. The first-order valence-electron chi connectivity index (χ1n) is 12.8. The molecule has 1 fully saturated rings. The number of rotatable bonds is 6. The zero-order valence-electron chi connectivity index (χ0n) is 22.4. The summed E-state index contributed by atoms with van der Waals surface area (Å²) in [4.78, 5) is 4.19. The van der Waals surface area contributed by atoms with Gasteiger partial charge in [0.2, 0.25) is 0 Å². The van der Waals surface area contributed by atoms with Crippen molar-refractivity contribution in [2.24, 2.45) is 0 Å². The molecule has 1 aliphatic rings. The first-order valence-corrected chi connectivity index (χ1v) is 15.0. The molecule has 218 valence electrons. The van der Waals surface area contributed by atoms with E-state index in [4.69, 9.17) is 38.2 Å². The maximum atomic E-state index is 13.9. The molecule has 1 atom stereocenters. The van der Waals surface area contributed by atoms with Crippen LogP contribution in [0.3, 0.4) is 0 Å². The van der Waals surface area contributed by atoms with Crippen LogP contribution in [-0.4, -0.2) is 40.8 Å². The van der Waals surface area contributed by atoms with Gasteiger partial charge >= 0.3 is 0 Å². The summed E-state index contributed by atoms with van der Waals surface area (Å²) >= 11 is 12.3. The number of anilines is 1. The van der Waals surface area contributed by atoms with E-state index in [1.54, 1.807) is 31.3 Å². The molecule has 0 spiro atoms. The van der Waals surface area contributed by atoms with Crippen LogP contribution in [0.2, 0.25) is 10.0 Å². The van der Waals surface area contributed by atoms with Crippen LogP contribution in [0, 0.1) is 12.7 Å². The van der Waals surface area contributed by atoms with Crippen LogP contribution >= 0.6 is 23.2 Å². The van der Waals surface area contributed by atoms with Crippen molar-refractivity contribution in [2.75, 3.05) is 18.8 Å². The largest absolute Gasteiger partial charge is 0.482 e. The Morgan fingerprint density at radius 2 is 1.80 bits per heavy atom. The minimum Gasteiger partial charge on any atom is -0.482 e. The van der Waals surface area contributed by atoms with Gasteiger partial charge in [0.15, 0.2) is 11.6 Å². The predicted molar refractivity (Wildman–Crippen MR) is 157 cm³/mol. The van der Waals surface area contributed by atoms with Gasteiger partial charge in [0.05, 0.1) is 22.2 Å². The number of hydrogen-bond donors (Lipinski definition) is 3. The van der Waals surface area contributed by atoms with Gasteiger partial charge in [-0.3, -0.25) is 9.23 Å². The molecule has 0 bridgehead atoms. The van der Waals surface area contributed by atoms with Crippen molar-refractivity contribution in [3.05, 3.63) is 88.0 Å². The molecule has 1 saturated heterocycles. The van der Waals surface area contributed by atoms with E-state index >= 15 is 0 Å². The van der Waals surface area contributed by atoms with Crippen molar-refractivity contribution in [1.82, 2.24) is 20.1 Å². The van der Waals surface area contributed by atoms with Crippen LogP contribution in [0.25, 0.3) is 11.1 Å². The molecule has 5 rings (SSSR count). The highest BCUT2D eigenvalue weighted by molar-refractivity contribution is 7.85. The number of ether oxygens (including phenoxy) is 1. The summed E-state index contributed by atoms with van der Waals surface area (Å²) in [7, 11) is -4.02. The monoisotopic (exact) mass is 621 g/mol. The zero-order chi connectivity index (χ0) is 29.7. The highest BCUT2D eigenvalue weighted by atomic mass is 35.5. The topological polar surface area (TPSA) is 132 Å². The quantitative estimate of drug-likeness (QED) is 0.169. The summed E-state index contributed by atoms with van der Waals surface area (Å²) < 4.78 is 51.4. The third-order valence-corrected chi connectivity index (χ3v) is 8.19. The molecule has 0 aliphatic carbocycles. The van der Waals surface area contributed by atoms with E-state index in [1.807, 2.05) is 24.0 Å². The number of nitrogens with zero attached hydrogens (tertiary/aromatic N) is 3. The first-order chi connectivity index (χ1) is 19.4. The van der Waals surface area contributed by atoms with Crippen LogP contribution in [-0.2, 0) is 10.1 Å². The second-order valence-corrected chi connectivity index (χ2v) is 11.8. The van der Waals surface area contributed by atoms with Crippen LogP contribution in [0.15, 0.2) is 66.0 Å². The molecule has 0 amide bonds. The second-order valence-electron chi connectivity index (χ2n) is 9.60. The Morgan fingerprint density at radius 3 is 2.46 bits per heavy atom. The number of aromatic nitrogens is 3. The molecule has 3 heterocycles. The van der Waals surface area contributed by atoms with Crippen molar-refractivity contribution < 1.29 is 22.1 Å². The maximum Gasteiger partial charge on any atom is 0.294 e. The molecule has 0 unspecified atom stereocenters. The summed E-state index contributed by atoms with van der Waals surface area (Å²) in [6.07, 6.45) is 6.96. The molecule has 1 aliphatic heterocycles.